The Morgan fingerprint density at radius 2 is 1.79 bits per heavy atom. The Labute approximate surface area is 141 Å². The molecule has 0 saturated carbocycles. The Hall–Kier alpha value is -2.63. The number of benzene rings is 1. The minimum absolute atomic E-state index is 0.223. The first-order chi connectivity index (χ1) is 11.4. The predicted molar refractivity (Wildman–Crippen MR) is 92.0 cm³/mol. The quantitative estimate of drug-likeness (QED) is 0.812. The average Bonchev–Trinajstić information content (AvgIpc) is 3.08. The van der Waals surface area contributed by atoms with Crippen LogP contribution in [0.15, 0.2) is 36.5 Å². The summed E-state index contributed by atoms with van der Waals surface area (Å²) in [5.74, 6) is 0.768. The molecular weight excluding hydrogens is 304 g/mol. The van der Waals surface area contributed by atoms with Gasteiger partial charge in [0.25, 0.3) is 5.91 Å². The van der Waals surface area contributed by atoms with Gasteiger partial charge < -0.3 is 4.90 Å². The lowest BCUT2D eigenvalue weighted by atomic mass is 10.0. The predicted octanol–water partition coefficient (Wildman–Crippen LogP) is 2.84. The van der Waals surface area contributed by atoms with E-state index in [0.29, 0.717) is 18.3 Å². The molecule has 6 heteroatoms. The second kappa shape index (κ2) is 6.11. The first-order valence-corrected chi connectivity index (χ1v) is 8.11. The van der Waals surface area contributed by atoms with Gasteiger partial charge in [0, 0.05) is 13.1 Å². The van der Waals surface area contributed by atoms with E-state index in [2.05, 4.69) is 43.2 Å². The summed E-state index contributed by atoms with van der Waals surface area (Å²) in [6.07, 6.45) is 1.61. The summed E-state index contributed by atoms with van der Waals surface area (Å²) >= 11 is 0. The van der Waals surface area contributed by atoms with Crippen molar-refractivity contribution in [3.8, 4) is 0 Å². The highest BCUT2D eigenvalue weighted by molar-refractivity contribution is 6.20. The summed E-state index contributed by atoms with van der Waals surface area (Å²) in [6, 6.07) is 9.25. The minimum Gasteiger partial charge on any atom is -0.315 e. The third-order valence-electron chi connectivity index (χ3n) is 4.55. The van der Waals surface area contributed by atoms with Gasteiger partial charge in [0.2, 0.25) is 0 Å². The monoisotopic (exact) mass is 326 g/mol. The fourth-order valence-corrected chi connectivity index (χ4v) is 2.80. The molecule has 1 fully saturated rings. The Bertz CT molecular complexity index is 744. The van der Waals surface area contributed by atoms with Crippen molar-refractivity contribution in [2.75, 3.05) is 11.9 Å². The molecule has 3 amide bonds. The lowest BCUT2D eigenvalue weighted by Gasteiger charge is -2.16. The molecule has 2 aromatic rings. The number of nitrogens with zero attached hydrogens (tertiary/aromatic N) is 4. The molecule has 0 spiro atoms. The van der Waals surface area contributed by atoms with Crippen LogP contribution in [0.3, 0.4) is 0 Å². The Morgan fingerprint density at radius 3 is 2.33 bits per heavy atom. The third-order valence-corrected chi connectivity index (χ3v) is 4.55. The van der Waals surface area contributed by atoms with Gasteiger partial charge in [-0.15, -0.1) is 0 Å². The maximum atomic E-state index is 12.4. The Morgan fingerprint density at radius 1 is 1.12 bits per heavy atom. The van der Waals surface area contributed by atoms with Crippen molar-refractivity contribution in [2.24, 2.45) is 0 Å². The summed E-state index contributed by atoms with van der Waals surface area (Å²) in [7, 11) is 1.64. The molecule has 1 aliphatic heterocycles. The summed E-state index contributed by atoms with van der Waals surface area (Å²) in [5, 5.41) is 4.28. The second-order valence-corrected chi connectivity index (χ2v) is 6.49. The molecule has 2 heterocycles. The minimum atomic E-state index is -0.453. The van der Waals surface area contributed by atoms with Gasteiger partial charge in [-0.05, 0) is 24.0 Å². The highest BCUT2D eigenvalue weighted by Crippen LogP contribution is 2.24. The number of amides is 3. The van der Waals surface area contributed by atoms with E-state index >= 15 is 0 Å². The second-order valence-electron chi connectivity index (χ2n) is 6.49. The fourth-order valence-electron chi connectivity index (χ4n) is 2.80. The lowest BCUT2D eigenvalue weighted by molar-refractivity contribution is -0.119. The largest absolute Gasteiger partial charge is 0.333 e. The van der Waals surface area contributed by atoms with Crippen LogP contribution in [0.2, 0.25) is 0 Å². The zero-order valence-corrected chi connectivity index (χ0v) is 14.4. The normalized spacial score (nSPS) is 18.1. The molecule has 1 aromatic carbocycles. The molecule has 1 aliphatic rings. The first-order valence-electron chi connectivity index (χ1n) is 8.11. The topological polar surface area (TPSA) is 58.4 Å². The molecule has 0 N–H and O–H groups in total. The number of hydrogen-bond donors (Lipinski definition) is 0. The maximum absolute atomic E-state index is 12.4. The van der Waals surface area contributed by atoms with Crippen molar-refractivity contribution in [3.05, 3.63) is 47.7 Å². The molecule has 1 aromatic heterocycles. The van der Waals surface area contributed by atoms with Gasteiger partial charge in [-0.1, -0.05) is 38.1 Å². The van der Waals surface area contributed by atoms with E-state index in [1.54, 1.807) is 30.9 Å². The number of urea groups is 1. The van der Waals surface area contributed by atoms with Gasteiger partial charge in [0.15, 0.2) is 0 Å². The van der Waals surface area contributed by atoms with Crippen LogP contribution in [0.1, 0.15) is 37.8 Å². The van der Waals surface area contributed by atoms with E-state index in [1.165, 1.54) is 15.4 Å². The molecule has 24 heavy (non-hydrogen) atoms. The zero-order chi connectivity index (χ0) is 17.4. The van der Waals surface area contributed by atoms with Crippen LogP contribution in [0.25, 0.3) is 0 Å². The van der Waals surface area contributed by atoms with Gasteiger partial charge in [-0.3, -0.25) is 4.79 Å². The Balaban J connectivity index is 1.86. The molecule has 6 nitrogen and oxygen atoms in total. The van der Waals surface area contributed by atoms with Gasteiger partial charge in [0.05, 0.1) is 12.7 Å². The van der Waals surface area contributed by atoms with Crippen molar-refractivity contribution < 1.29 is 9.59 Å². The van der Waals surface area contributed by atoms with Crippen LogP contribution in [0, 0.1) is 0 Å². The number of anilines is 1. The van der Waals surface area contributed by atoms with Gasteiger partial charge in [-0.2, -0.15) is 5.10 Å². The van der Waals surface area contributed by atoms with Crippen LogP contribution >= 0.6 is 0 Å². The number of rotatable bonds is 4. The van der Waals surface area contributed by atoms with Crippen molar-refractivity contribution in [1.82, 2.24) is 14.7 Å². The molecule has 0 unspecified atom stereocenters. The lowest BCUT2D eigenvalue weighted by Crippen LogP contribution is -2.33. The number of hydrogen-bond acceptors (Lipinski definition) is 3. The van der Waals surface area contributed by atoms with Crippen molar-refractivity contribution >= 4 is 17.8 Å². The molecular formula is C18H22N4O2. The molecule has 0 aliphatic carbocycles. The summed E-state index contributed by atoms with van der Waals surface area (Å²) in [4.78, 5) is 27.4. The number of imide groups is 1. The molecule has 1 saturated heterocycles. The molecule has 0 radical (unpaired) electrons. The van der Waals surface area contributed by atoms with E-state index in [1.807, 2.05) is 0 Å². The highest BCUT2D eigenvalue weighted by atomic mass is 16.2. The van der Waals surface area contributed by atoms with Gasteiger partial charge in [-0.25, -0.2) is 14.4 Å². The van der Waals surface area contributed by atoms with Crippen LogP contribution in [0.5, 0.6) is 0 Å². The Kier molecular flexibility index (Phi) is 4.13. The molecule has 0 bridgehead atoms. The summed E-state index contributed by atoms with van der Waals surface area (Å²) in [5.41, 5.74) is 2.35. The van der Waals surface area contributed by atoms with E-state index in [-0.39, 0.29) is 11.9 Å². The molecule has 126 valence electrons. The summed E-state index contributed by atoms with van der Waals surface area (Å²) < 4.78 is 1.69. The van der Waals surface area contributed by atoms with Crippen molar-refractivity contribution in [1.29, 1.82) is 0 Å². The number of carbonyl (C=O) groups is 2. The molecule has 1 atom stereocenters. The smallest absolute Gasteiger partial charge is 0.315 e. The third kappa shape index (κ3) is 2.68. The van der Waals surface area contributed by atoms with Gasteiger partial charge in [0.1, 0.15) is 11.9 Å². The summed E-state index contributed by atoms with van der Waals surface area (Å²) in [6.45, 7) is 6.55. The number of likely N-dealkylation sites (N-methyl/N-ethyl adjacent to an activating group) is 1. The van der Waals surface area contributed by atoms with E-state index < -0.39 is 6.04 Å². The van der Waals surface area contributed by atoms with E-state index in [4.69, 9.17) is 0 Å². The van der Waals surface area contributed by atoms with E-state index in [9.17, 15) is 9.59 Å². The SMILES string of the molecule is CC(C)c1ccc(Cn2nccc2N2C(=O)[C@@H](C)N(C)C2=O)cc1. The van der Waals surface area contributed by atoms with Crippen LogP contribution in [0.4, 0.5) is 10.6 Å². The van der Waals surface area contributed by atoms with Crippen LogP contribution in [-0.2, 0) is 11.3 Å². The van der Waals surface area contributed by atoms with Crippen molar-refractivity contribution in [3.63, 3.8) is 0 Å². The van der Waals surface area contributed by atoms with Crippen molar-refractivity contribution in [2.45, 2.75) is 39.3 Å². The standard InChI is InChI=1S/C18H22N4O2/c1-12(2)15-7-5-14(6-8-15)11-21-16(9-10-19-21)22-17(23)13(3)20(4)18(22)24/h5-10,12-13H,11H2,1-4H3/t13-/m1/s1. The maximum Gasteiger partial charge on any atom is 0.333 e. The number of aromatic nitrogens is 2. The van der Waals surface area contributed by atoms with Gasteiger partial charge >= 0.3 is 6.03 Å². The fraction of sp³-hybridized carbons (Fsp3) is 0.389. The van der Waals surface area contributed by atoms with Crippen LogP contribution < -0.4 is 4.90 Å². The van der Waals surface area contributed by atoms with E-state index in [0.717, 1.165) is 5.56 Å². The highest BCUT2D eigenvalue weighted by Gasteiger charge is 2.42. The average molecular weight is 326 g/mol. The zero-order valence-electron chi connectivity index (χ0n) is 14.4. The number of carbonyl (C=O) groups excluding carboxylic acids is 2. The van der Waals surface area contributed by atoms with Crippen LogP contribution in [-0.4, -0.2) is 39.7 Å². The first kappa shape index (κ1) is 16.2. The molecule has 3 rings (SSSR count).